The van der Waals surface area contributed by atoms with Gasteiger partial charge in [-0.1, -0.05) is 6.07 Å². The molecule has 1 atom stereocenters. The molecule has 0 aromatic carbocycles. The molecule has 0 spiro atoms. The number of pyridine rings is 1. The summed E-state index contributed by atoms with van der Waals surface area (Å²) in [6.45, 7) is 0.433. The Labute approximate surface area is 112 Å². The van der Waals surface area contributed by atoms with Gasteiger partial charge in [0.25, 0.3) is 0 Å². The first-order valence-electron chi connectivity index (χ1n) is 6.47. The van der Waals surface area contributed by atoms with Gasteiger partial charge < -0.3 is 10.1 Å². The summed E-state index contributed by atoms with van der Waals surface area (Å²) in [5, 5.41) is -0.265. The van der Waals surface area contributed by atoms with Gasteiger partial charge in [0.1, 0.15) is 5.65 Å². The van der Waals surface area contributed by atoms with Gasteiger partial charge in [0.05, 0.1) is 16.7 Å². The third kappa shape index (κ3) is 2.26. The largest absolute Gasteiger partial charge is 0.326 e. The zero-order chi connectivity index (χ0) is 13.5. The molecule has 1 aliphatic heterocycles. The second kappa shape index (κ2) is 4.61. The van der Waals surface area contributed by atoms with Gasteiger partial charge >= 0.3 is 0 Å². The molecule has 0 amide bonds. The van der Waals surface area contributed by atoms with Crippen LogP contribution in [0.3, 0.4) is 0 Å². The predicted octanol–water partition coefficient (Wildman–Crippen LogP) is 0.913. The van der Waals surface area contributed by atoms with Crippen molar-refractivity contribution in [2.45, 2.75) is 31.1 Å². The molecule has 0 radical (unpaired) electrons. The molecule has 19 heavy (non-hydrogen) atoms. The molecule has 0 bridgehead atoms. The summed E-state index contributed by atoms with van der Waals surface area (Å²) in [5.41, 5.74) is 8.32. The number of fused-ring (bicyclic) bond motifs is 1. The van der Waals surface area contributed by atoms with Gasteiger partial charge in [-0.3, -0.25) is 0 Å². The van der Waals surface area contributed by atoms with Crippen molar-refractivity contribution in [2.24, 2.45) is 5.73 Å². The van der Waals surface area contributed by atoms with E-state index in [1.54, 1.807) is 0 Å². The summed E-state index contributed by atoms with van der Waals surface area (Å²) in [4.78, 5) is 4.53. The Balaban J connectivity index is 1.94. The van der Waals surface area contributed by atoms with Crippen LogP contribution in [-0.4, -0.2) is 28.8 Å². The molecule has 5 nitrogen and oxygen atoms in total. The molecule has 2 N–H and O–H groups in total. The van der Waals surface area contributed by atoms with Crippen molar-refractivity contribution in [1.29, 1.82) is 0 Å². The molecule has 2 aromatic heterocycles. The number of rotatable bonds is 3. The van der Waals surface area contributed by atoms with Crippen LogP contribution in [-0.2, 0) is 22.8 Å². The third-order valence-corrected chi connectivity index (χ3v) is 6.01. The molecule has 0 saturated carbocycles. The molecule has 2 aromatic rings. The number of hydrogen-bond acceptors (Lipinski definition) is 4. The van der Waals surface area contributed by atoms with Crippen LogP contribution in [0.1, 0.15) is 24.1 Å². The average Bonchev–Trinajstić information content (AvgIpc) is 2.92. The minimum Gasteiger partial charge on any atom is -0.326 e. The van der Waals surface area contributed by atoms with Crippen LogP contribution >= 0.6 is 0 Å². The van der Waals surface area contributed by atoms with E-state index in [1.807, 2.05) is 28.9 Å². The first kappa shape index (κ1) is 12.6. The zero-order valence-electron chi connectivity index (χ0n) is 10.6. The number of nitrogens with zero attached hydrogens (tertiary/aromatic N) is 2. The lowest BCUT2D eigenvalue weighted by Crippen LogP contribution is -2.18. The lowest BCUT2D eigenvalue weighted by Gasteiger charge is -2.05. The van der Waals surface area contributed by atoms with Crippen LogP contribution in [0.5, 0.6) is 0 Å². The van der Waals surface area contributed by atoms with Crippen molar-refractivity contribution in [3.05, 3.63) is 35.8 Å². The van der Waals surface area contributed by atoms with Crippen molar-refractivity contribution in [2.75, 3.05) is 5.75 Å². The molecular formula is C13H17N3O2S. The Morgan fingerprint density at radius 3 is 3.00 bits per heavy atom. The Hall–Kier alpha value is -1.40. The fourth-order valence-electron chi connectivity index (χ4n) is 2.70. The summed E-state index contributed by atoms with van der Waals surface area (Å²) in [6, 6.07) is 3.87. The first-order chi connectivity index (χ1) is 9.10. The van der Waals surface area contributed by atoms with E-state index in [2.05, 4.69) is 4.98 Å². The second-order valence-corrected chi connectivity index (χ2v) is 7.44. The van der Waals surface area contributed by atoms with Gasteiger partial charge in [-0.05, 0) is 18.9 Å². The van der Waals surface area contributed by atoms with Gasteiger partial charge in [-0.25, -0.2) is 13.4 Å². The maximum absolute atomic E-state index is 11.8. The van der Waals surface area contributed by atoms with Gasteiger partial charge in [0.15, 0.2) is 9.84 Å². The molecule has 3 heterocycles. The summed E-state index contributed by atoms with van der Waals surface area (Å²) in [5.74, 6) is 0.319. The third-order valence-electron chi connectivity index (χ3n) is 3.73. The first-order valence-corrected chi connectivity index (χ1v) is 8.19. The average molecular weight is 279 g/mol. The lowest BCUT2D eigenvalue weighted by molar-refractivity contribution is 0.587. The van der Waals surface area contributed by atoms with Crippen molar-refractivity contribution < 1.29 is 8.42 Å². The van der Waals surface area contributed by atoms with E-state index in [0.29, 0.717) is 18.7 Å². The van der Waals surface area contributed by atoms with E-state index in [0.717, 1.165) is 29.7 Å². The Morgan fingerprint density at radius 1 is 1.47 bits per heavy atom. The van der Waals surface area contributed by atoms with Crippen LogP contribution in [0.4, 0.5) is 0 Å². The molecule has 6 heteroatoms. The minimum absolute atomic E-state index is 0.265. The quantitative estimate of drug-likeness (QED) is 0.906. The molecule has 1 aliphatic rings. The SMILES string of the molecule is NCc1cccn2cc(CC3CCCS3(=O)=O)nc12. The van der Waals surface area contributed by atoms with Crippen LogP contribution < -0.4 is 5.73 Å². The number of nitrogens with two attached hydrogens (primary N) is 1. The van der Waals surface area contributed by atoms with Crippen molar-refractivity contribution in [3.8, 4) is 0 Å². The molecule has 102 valence electrons. The van der Waals surface area contributed by atoms with E-state index >= 15 is 0 Å². The second-order valence-electron chi connectivity index (χ2n) is 5.04. The number of sulfone groups is 1. The minimum atomic E-state index is -2.91. The monoisotopic (exact) mass is 279 g/mol. The standard InChI is InChI=1S/C13H17N3O2S/c14-8-10-3-1-5-16-9-11(15-13(10)16)7-12-4-2-6-19(12,17)18/h1,3,5,9,12H,2,4,6-8,14H2. The van der Waals surface area contributed by atoms with E-state index in [-0.39, 0.29) is 5.25 Å². The van der Waals surface area contributed by atoms with Crippen molar-refractivity contribution in [1.82, 2.24) is 9.38 Å². The number of imidazole rings is 1. The molecular weight excluding hydrogens is 262 g/mol. The van der Waals surface area contributed by atoms with Crippen LogP contribution in [0, 0.1) is 0 Å². The van der Waals surface area contributed by atoms with E-state index in [9.17, 15) is 8.42 Å². The van der Waals surface area contributed by atoms with Gasteiger partial charge in [-0.2, -0.15) is 0 Å². The summed E-state index contributed by atoms with van der Waals surface area (Å²) in [6.07, 6.45) is 5.85. The highest BCUT2D eigenvalue weighted by Crippen LogP contribution is 2.23. The van der Waals surface area contributed by atoms with Crippen LogP contribution in [0.15, 0.2) is 24.5 Å². The highest BCUT2D eigenvalue weighted by Gasteiger charge is 2.31. The Bertz CT molecular complexity index is 706. The molecule has 1 saturated heterocycles. The normalized spacial score (nSPS) is 22.1. The van der Waals surface area contributed by atoms with Crippen molar-refractivity contribution in [3.63, 3.8) is 0 Å². The summed E-state index contributed by atoms with van der Waals surface area (Å²) >= 11 is 0. The zero-order valence-corrected chi connectivity index (χ0v) is 11.4. The fraction of sp³-hybridized carbons (Fsp3) is 0.462. The lowest BCUT2D eigenvalue weighted by atomic mass is 10.2. The van der Waals surface area contributed by atoms with Gasteiger partial charge in [-0.15, -0.1) is 0 Å². The Morgan fingerprint density at radius 2 is 2.32 bits per heavy atom. The van der Waals surface area contributed by atoms with Gasteiger partial charge in [0.2, 0.25) is 0 Å². The maximum Gasteiger partial charge on any atom is 0.153 e. The fourth-order valence-corrected chi connectivity index (χ4v) is 4.55. The predicted molar refractivity (Wildman–Crippen MR) is 73.6 cm³/mol. The van der Waals surface area contributed by atoms with E-state index in [4.69, 9.17) is 5.73 Å². The molecule has 1 fully saturated rings. The summed E-state index contributed by atoms with van der Waals surface area (Å²) in [7, 11) is -2.91. The van der Waals surface area contributed by atoms with E-state index < -0.39 is 9.84 Å². The topological polar surface area (TPSA) is 77.5 Å². The van der Waals surface area contributed by atoms with Gasteiger partial charge in [0, 0.05) is 30.9 Å². The molecule has 0 aliphatic carbocycles. The highest BCUT2D eigenvalue weighted by molar-refractivity contribution is 7.92. The summed E-state index contributed by atoms with van der Waals surface area (Å²) < 4.78 is 25.6. The highest BCUT2D eigenvalue weighted by atomic mass is 32.2. The van der Waals surface area contributed by atoms with Crippen LogP contribution in [0.2, 0.25) is 0 Å². The Kier molecular flexibility index (Phi) is 3.06. The molecule has 3 rings (SSSR count). The van der Waals surface area contributed by atoms with Crippen LogP contribution in [0.25, 0.3) is 5.65 Å². The smallest absolute Gasteiger partial charge is 0.153 e. The number of aromatic nitrogens is 2. The molecule has 1 unspecified atom stereocenters. The van der Waals surface area contributed by atoms with E-state index in [1.165, 1.54) is 0 Å². The maximum atomic E-state index is 11.8. The van der Waals surface area contributed by atoms with Crippen molar-refractivity contribution >= 4 is 15.5 Å². The number of hydrogen-bond donors (Lipinski definition) is 1.